The Labute approximate surface area is 109 Å². The van der Waals surface area contributed by atoms with Gasteiger partial charge in [0.15, 0.2) is 11.5 Å². The summed E-state index contributed by atoms with van der Waals surface area (Å²) in [6, 6.07) is 6.13. The predicted molar refractivity (Wildman–Crippen MR) is 71.3 cm³/mol. The van der Waals surface area contributed by atoms with Crippen molar-refractivity contribution in [2.45, 2.75) is 45.1 Å². The van der Waals surface area contributed by atoms with Crippen molar-refractivity contribution in [3.8, 4) is 11.5 Å². The van der Waals surface area contributed by atoms with Gasteiger partial charge in [-0.25, -0.2) is 0 Å². The van der Waals surface area contributed by atoms with E-state index in [4.69, 9.17) is 9.47 Å². The third-order valence-corrected chi connectivity index (χ3v) is 3.07. The molecule has 18 heavy (non-hydrogen) atoms. The van der Waals surface area contributed by atoms with Crippen molar-refractivity contribution in [2.24, 2.45) is 0 Å². The predicted octanol–water partition coefficient (Wildman–Crippen LogP) is 2.94. The van der Waals surface area contributed by atoms with Crippen LogP contribution in [0.5, 0.6) is 11.5 Å². The molecule has 1 heterocycles. The van der Waals surface area contributed by atoms with Crippen LogP contribution in [0.4, 0.5) is 0 Å². The molecule has 0 unspecified atom stereocenters. The average Bonchev–Trinajstić information content (AvgIpc) is 2.51. The Morgan fingerprint density at radius 3 is 2.61 bits per heavy atom. The molecule has 0 atom stereocenters. The van der Waals surface area contributed by atoms with Crippen LogP contribution in [-0.2, 0) is 6.42 Å². The first kappa shape index (κ1) is 13.2. The van der Waals surface area contributed by atoms with Crippen LogP contribution >= 0.6 is 0 Å². The van der Waals surface area contributed by atoms with Gasteiger partial charge in [0.2, 0.25) is 0 Å². The highest BCUT2D eigenvalue weighted by molar-refractivity contribution is 5.43. The van der Waals surface area contributed by atoms with Gasteiger partial charge in [-0.2, -0.15) is 0 Å². The lowest BCUT2D eigenvalue weighted by Crippen LogP contribution is -2.18. The van der Waals surface area contributed by atoms with Crippen molar-refractivity contribution in [3.05, 3.63) is 23.8 Å². The average molecular weight is 250 g/mol. The summed E-state index contributed by atoms with van der Waals surface area (Å²) in [5.41, 5.74) is 0.661. The van der Waals surface area contributed by atoms with Gasteiger partial charge in [-0.3, -0.25) is 0 Å². The number of benzene rings is 1. The number of ether oxygens (including phenoxy) is 2. The van der Waals surface area contributed by atoms with Gasteiger partial charge in [0, 0.05) is 6.42 Å². The van der Waals surface area contributed by atoms with Crippen LogP contribution in [-0.4, -0.2) is 23.9 Å². The molecule has 0 spiro atoms. The van der Waals surface area contributed by atoms with Gasteiger partial charge in [-0.15, -0.1) is 0 Å². The van der Waals surface area contributed by atoms with E-state index in [1.807, 2.05) is 19.9 Å². The van der Waals surface area contributed by atoms with Gasteiger partial charge in [0.05, 0.1) is 18.8 Å². The molecule has 100 valence electrons. The van der Waals surface area contributed by atoms with Crippen LogP contribution < -0.4 is 9.47 Å². The zero-order valence-electron chi connectivity index (χ0n) is 11.2. The van der Waals surface area contributed by atoms with Crippen molar-refractivity contribution in [1.29, 1.82) is 0 Å². The monoisotopic (exact) mass is 250 g/mol. The van der Waals surface area contributed by atoms with Crippen LogP contribution in [0.2, 0.25) is 0 Å². The summed E-state index contributed by atoms with van der Waals surface area (Å²) in [4.78, 5) is 0. The molecule has 0 amide bonds. The van der Waals surface area contributed by atoms with Crippen molar-refractivity contribution in [3.63, 3.8) is 0 Å². The molecule has 0 saturated heterocycles. The molecule has 3 nitrogen and oxygen atoms in total. The van der Waals surface area contributed by atoms with Crippen molar-refractivity contribution >= 4 is 0 Å². The van der Waals surface area contributed by atoms with E-state index in [1.165, 1.54) is 5.56 Å². The maximum absolute atomic E-state index is 9.68. The molecule has 1 N–H and O–H groups in total. The number of aliphatic hydroxyl groups is 1. The first-order chi connectivity index (χ1) is 8.54. The van der Waals surface area contributed by atoms with E-state index in [-0.39, 0.29) is 0 Å². The summed E-state index contributed by atoms with van der Waals surface area (Å²) in [5.74, 6) is 1.70. The summed E-state index contributed by atoms with van der Waals surface area (Å²) in [6.07, 6.45) is 3.67. The first-order valence-corrected chi connectivity index (χ1v) is 6.65. The fraction of sp³-hybridized carbons (Fsp3) is 0.600. The molecular weight excluding hydrogens is 228 g/mol. The van der Waals surface area contributed by atoms with Crippen LogP contribution in [0.25, 0.3) is 0 Å². The van der Waals surface area contributed by atoms with Gasteiger partial charge in [-0.05, 0) is 50.8 Å². The number of fused-ring (bicyclic) bond motifs is 1. The maximum atomic E-state index is 9.68. The summed E-state index contributed by atoms with van der Waals surface area (Å²) >= 11 is 0. The zero-order valence-corrected chi connectivity index (χ0v) is 11.2. The van der Waals surface area contributed by atoms with E-state index in [9.17, 15) is 5.11 Å². The maximum Gasteiger partial charge on any atom is 0.161 e. The number of hydrogen-bond donors (Lipinski definition) is 1. The van der Waals surface area contributed by atoms with Gasteiger partial charge >= 0.3 is 0 Å². The molecule has 0 aliphatic carbocycles. The Kier molecular flexibility index (Phi) is 4.12. The highest BCUT2D eigenvalue weighted by atomic mass is 16.5. The lowest BCUT2D eigenvalue weighted by Gasteiger charge is -2.16. The molecule has 1 aliphatic heterocycles. The normalized spacial score (nSPS) is 15.3. The van der Waals surface area contributed by atoms with Crippen molar-refractivity contribution in [2.75, 3.05) is 13.2 Å². The van der Waals surface area contributed by atoms with Crippen LogP contribution in [0.1, 0.15) is 38.7 Å². The topological polar surface area (TPSA) is 38.7 Å². The molecular formula is C15H22O3. The minimum absolute atomic E-state index is 0.578. The van der Waals surface area contributed by atoms with E-state index < -0.39 is 5.60 Å². The van der Waals surface area contributed by atoms with E-state index in [1.54, 1.807) is 0 Å². The number of aryl methyl sites for hydroxylation is 1. The second kappa shape index (κ2) is 5.61. The first-order valence-electron chi connectivity index (χ1n) is 6.65. The molecule has 0 fully saturated rings. The molecule has 0 radical (unpaired) electrons. The molecule has 0 bridgehead atoms. The van der Waals surface area contributed by atoms with E-state index >= 15 is 0 Å². The minimum atomic E-state index is -0.578. The van der Waals surface area contributed by atoms with Gasteiger partial charge in [-0.1, -0.05) is 6.07 Å². The molecule has 0 aromatic heterocycles. The second-order valence-corrected chi connectivity index (χ2v) is 5.50. The second-order valence-electron chi connectivity index (χ2n) is 5.50. The van der Waals surface area contributed by atoms with Gasteiger partial charge in [0.1, 0.15) is 0 Å². The quantitative estimate of drug-likeness (QED) is 0.893. The highest BCUT2D eigenvalue weighted by Gasteiger charge is 2.13. The SMILES string of the molecule is CC(C)(O)CCCc1ccc2c(c1)OCCCO2. The van der Waals surface area contributed by atoms with E-state index in [0.29, 0.717) is 0 Å². The summed E-state index contributed by atoms with van der Waals surface area (Å²) in [7, 11) is 0. The lowest BCUT2D eigenvalue weighted by molar-refractivity contribution is 0.0689. The third-order valence-electron chi connectivity index (χ3n) is 3.07. The number of rotatable bonds is 4. The standard InChI is InChI=1S/C15H22O3/c1-15(2,16)8-3-5-12-6-7-13-14(11-12)18-10-4-9-17-13/h6-7,11,16H,3-5,8-10H2,1-2H3. The Bertz CT molecular complexity index is 393. The van der Waals surface area contributed by atoms with Crippen molar-refractivity contribution in [1.82, 2.24) is 0 Å². The summed E-state index contributed by atoms with van der Waals surface area (Å²) in [5, 5.41) is 9.68. The summed E-state index contributed by atoms with van der Waals surface area (Å²) in [6.45, 7) is 5.15. The molecule has 3 heteroatoms. The molecule has 0 saturated carbocycles. The zero-order chi connectivity index (χ0) is 13.0. The van der Waals surface area contributed by atoms with Gasteiger partial charge < -0.3 is 14.6 Å². The highest BCUT2D eigenvalue weighted by Crippen LogP contribution is 2.31. The smallest absolute Gasteiger partial charge is 0.161 e. The number of hydrogen-bond acceptors (Lipinski definition) is 3. The molecule has 1 aliphatic rings. The fourth-order valence-corrected chi connectivity index (χ4v) is 2.09. The van der Waals surface area contributed by atoms with Gasteiger partial charge in [0.25, 0.3) is 0 Å². The molecule has 1 aromatic rings. The minimum Gasteiger partial charge on any atom is -0.490 e. The fourth-order valence-electron chi connectivity index (χ4n) is 2.09. The van der Waals surface area contributed by atoms with Crippen LogP contribution in [0.15, 0.2) is 18.2 Å². The molecule has 1 aromatic carbocycles. The lowest BCUT2D eigenvalue weighted by atomic mass is 9.99. The Morgan fingerprint density at radius 1 is 1.17 bits per heavy atom. The largest absolute Gasteiger partial charge is 0.490 e. The summed E-state index contributed by atoms with van der Waals surface area (Å²) < 4.78 is 11.3. The van der Waals surface area contributed by atoms with Crippen LogP contribution in [0, 0.1) is 0 Å². The molecule has 2 rings (SSSR count). The third kappa shape index (κ3) is 3.91. The Morgan fingerprint density at radius 2 is 1.89 bits per heavy atom. The van der Waals surface area contributed by atoms with E-state index in [0.717, 1.165) is 50.4 Å². The van der Waals surface area contributed by atoms with E-state index in [2.05, 4.69) is 12.1 Å². The van der Waals surface area contributed by atoms with Crippen molar-refractivity contribution < 1.29 is 14.6 Å². The Hall–Kier alpha value is -1.22. The van der Waals surface area contributed by atoms with Crippen LogP contribution in [0.3, 0.4) is 0 Å². The Balaban J connectivity index is 1.96.